The van der Waals surface area contributed by atoms with Crippen LogP contribution in [0.5, 0.6) is 0 Å². The minimum atomic E-state index is 0.908. The summed E-state index contributed by atoms with van der Waals surface area (Å²) in [5.41, 5.74) is 13.7. The van der Waals surface area contributed by atoms with Gasteiger partial charge in [0.1, 0.15) is 11.2 Å². The fourth-order valence-electron chi connectivity index (χ4n) is 9.13. The Balaban J connectivity index is 1.05. The van der Waals surface area contributed by atoms with E-state index in [2.05, 4.69) is 197 Å². The lowest BCUT2D eigenvalue weighted by Crippen LogP contribution is -1.96. The first kappa shape index (κ1) is 30.1. The molecule has 3 heteroatoms. The van der Waals surface area contributed by atoms with Gasteiger partial charge in [0.15, 0.2) is 0 Å². The van der Waals surface area contributed by atoms with E-state index in [4.69, 9.17) is 4.42 Å². The van der Waals surface area contributed by atoms with Gasteiger partial charge in [0.25, 0.3) is 0 Å². The van der Waals surface area contributed by atoms with Crippen LogP contribution < -0.4 is 0 Å². The maximum Gasteiger partial charge on any atom is 0.136 e. The topological polar surface area (TPSA) is 23.0 Å². The van der Waals surface area contributed by atoms with Crippen LogP contribution in [0, 0.1) is 0 Å². The number of hydrogen-bond acceptors (Lipinski definition) is 1. The summed E-state index contributed by atoms with van der Waals surface area (Å²) in [6.45, 7) is 0. The van der Waals surface area contributed by atoms with Crippen molar-refractivity contribution in [3.05, 3.63) is 194 Å². The summed E-state index contributed by atoms with van der Waals surface area (Å²) in [7, 11) is 0. The summed E-state index contributed by atoms with van der Waals surface area (Å²) < 4.78 is 11.1. The van der Waals surface area contributed by atoms with Crippen molar-refractivity contribution in [1.82, 2.24) is 9.13 Å². The molecule has 0 bridgehead atoms. The molecule has 55 heavy (non-hydrogen) atoms. The fourth-order valence-corrected chi connectivity index (χ4v) is 9.13. The monoisotopic (exact) mass is 700 g/mol. The molecule has 3 heterocycles. The first-order valence-electron chi connectivity index (χ1n) is 18.9. The van der Waals surface area contributed by atoms with Gasteiger partial charge in [-0.05, 0) is 94.4 Å². The van der Waals surface area contributed by atoms with E-state index in [-0.39, 0.29) is 0 Å². The van der Waals surface area contributed by atoms with E-state index in [1.54, 1.807) is 0 Å². The summed E-state index contributed by atoms with van der Waals surface area (Å²) >= 11 is 0. The van der Waals surface area contributed by atoms with Crippen molar-refractivity contribution >= 4 is 76.3 Å². The van der Waals surface area contributed by atoms with E-state index in [1.165, 1.54) is 82.3 Å². The zero-order valence-electron chi connectivity index (χ0n) is 29.8. The van der Waals surface area contributed by atoms with Gasteiger partial charge in [-0.3, -0.25) is 0 Å². The molecule has 0 aliphatic carbocycles. The van der Waals surface area contributed by atoms with Crippen LogP contribution in [0.4, 0.5) is 0 Å². The third kappa shape index (κ3) is 4.38. The second-order valence-electron chi connectivity index (χ2n) is 14.5. The minimum Gasteiger partial charge on any atom is -0.456 e. The molecule has 3 aromatic heterocycles. The molecule has 3 nitrogen and oxygen atoms in total. The highest BCUT2D eigenvalue weighted by Gasteiger charge is 2.19. The van der Waals surface area contributed by atoms with Crippen molar-refractivity contribution < 1.29 is 4.42 Å². The summed E-state index contributed by atoms with van der Waals surface area (Å²) in [6.07, 6.45) is 0. The lowest BCUT2D eigenvalue weighted by atomic mass is 9.94. The molecule has 0 aliphatic heterocycles. The predicted octanol–water partition coefficient (Wildman–Crippen LogP) is 14.3. The van der Waals surface area contributed by atoms with E-state index in [1.807, 2.05) is 6.07 Å². The molecule has 0 saturated carbocycles. The van der Waals surface area contributed by atoms with Gasteiger partial charge in [-0.15, -0.1) is 0 Å². The molecule has 0 amide bonds. The lowest BCUT2D eigenvalue weighted by molar-refractivity contribution is 0.669. The van der Waals surface area contributed by atoms with Gasteiger partial charge in [-0.1, -0.05) is 127 Å². The standard InChI is InChI=1S/C52H32N2O/c1-2-13-35(14-3-1)53-45-21-9-6-17-39(45)43-31-33(25-28-48(43)53)34-26-29-49-44(32-34)40-18-7-10-22-46(40)54(49)47-30-27-37(36-15-4-5-16-38(36)47)41-20-12-24-51-52(41)42-19-8-11-23-50(42)55-51/h1-32H. The molecular formula is C52H32N2O. The van der Waals surface area contributed by atoms with E-state index >= 15 is 0 Å². The number of benzene rings is 9. The molecule has 0 radical (unpaired) electrons. The Labute approximate surface area is 316 Å². The average molecular weight is 701 g/mol. The van der Waals surface area contributed by atoms with Crippen LogP contribution >= 0.6 is 0 Å². The quantitative estimate of drug-likeness (QED) is 0.179. The van der Waals surface area contributed by atoms with E-state index in [9.17, 15) is 0 Å². The van der Waals surface area contributed by atoms with Crippen LogP contribution in [0.2, 0.25) is 0 Å². The average Bonchev–Trinajstić information content (AvgIpc) is 3.91. The third-order valence-corrected chi connectivity index (χ3v) is 11.5. The molecule has 256 valence electrons. The highest BCUT2D eigenvalue weighted by atomic mass is 16.3. The normalized spacial score (nSPS) is 12.0. The van der Waals surface area contributed by atoms with Gasteiger partial charge in [-0.25, -0.2) is 0 Å². The lowest BCUT2D eigenvalue weighted by Gasteiger charge is -2.15. The molecular weight excluding hydrogens is 669 g/mol. The number of para-hydroxylation sites is 4. The van der Waals surface area contributed by atoms with Gasteiger partial charge in [0.05, 0.1) is 27.8 Å². The molecule has 12 aromatic rings. The molecule has 0 saturated heterocycles. The molecule has 0 N–H and O–H groups in total. The summed E-state index contributed by atoms with van der Waals surface area (Å²) in [5, 5.41) is 9.70. The van der Waals surface area contributed by atoms with Gasteiger partial charge in [0, 0.05) is 43.4 Å². The molecule has 12 rings (SSSR count). The van der Waals surface area contributed by atoms with Gasteiger partial charge in [-0.2, -0.15) is 0 Å². The summed E-state index contributed by atoms with van der Waals surface area (Å²) in [4.78, 5) is 0. The zero-order chi connectivity index (χ0) is 36.0. The van der Waals surface area contributed by atoms with E-state index in [0.29, 0.717) is 0 Å². The van der Waals surface area contributed by atoms with Crippen molar-refractivity contribution in [2.45, 2.75) is 0 Å². The number of hydrogen-bond donors (Lipinski definition) is 0. The van der Waals surface area contributed by atoms with Crippen molar-refractivity contribution in [1.29, 1.82) is 0 Å². The van der Waals surface area contributed by atoms with Crippen LogP contribution in [0.25, 0.3) is 110 Å². The van der Waals surface area contributed by atoms with Crippen molar-refractivity contribution in [3.8, 4) is 33.6 Å². The summed E-state index contributed by atoms with van der Waals surface area (Å²) in [6, 6.07) is 70.3. The summed E-state index contributed by atoms with van der Waals surface area (Å²) in [5.74, 6) is 0. The van der Waals surface area contributed by atoms with Gasteiger partial charge >= 0.3 is 0 Å². The van der Waals surface area contributed by atoms with E-state index in [0.717, 1.165) is 27.6 Å². The number of rotatable bonds is 4. The van der Waals surface area contributed by atoms with Crippen LogP contribution in [0.3, 0.4) is 0 Å². The van der Waals surface area contributed by atoms with Crippen LogP contribution in [0.1, 0.15) is 0 Å². The number of fused-ring (bicyclic) bond motifs is 10. The molecule has 0 fully saturated rings. The highest BCUT2D eigenvalue weighted by Crippen LogP contribution is 2.43. The molecule has 0 aliphatic rings. The Morgan fingerprint density at radius 3 is 1.58 bits per heavy atom. The Bertz CT molecular complexity index is 3490. The van der Waals surface area contributed by atoms with Crippen LogP contribution in [-0.2, 0) is 0 Å². The van der Waals surface area contributed by atoms with E-state index < -0.39 is 0 Å². The number of furan rings is 1. The fraction of sp³-hybridized carbons (Fsp3) is 0. The molecule has 0 atom stereocenters. The Hall–Kier alpha value is -7.36. The Morgan fingerprint density at radius 2 is 0.855 bits per heavy atom. The first-order valence-corrected chi connectivity index (χ1v) is 18.9. The SMILES string of the molecule is c1ccc(-n2c3ccccc3c3cc(-c4ccc5c(c4)c4ccccc4n5-c4ccc(-c5cccc6oc7ccccc7c56)c5ccccc45)ccc32)cc1. The van der Waals surface area contributed by atoms with Crippen molar-refractivity contribution in [2.24, 2.45) is 0 Å². The first-order chi connectivity index (χ1) is 27.3. The molecule has 0 unspecified atom stereocenters. The van der Waals surface area contributed by atoms with Crippen molar-refractivity contribution in [3.63, 3.8) is 0 Å². The molecule has 0 spiro atoms. The maximum absolute atomic E-state index is 6.30. The minimum absolute atomic E-state index is 0.908. The van der Waals surface area contributed by atoms with Gasteiger partial charge < -0.3 is 13.6 Å². The largest absolute Gasteiger partial charge is 0.456 e. The van der Waals surface area contributed by atoms with Crippen molar-refractivity contribution in [2.75, 3.05) is 0 Å². The second kappa shape index (κ2) is 11.6. The predicted molar refractivity (Wildman–Crippen MR) is 231 cm³/mol. The second-order valence-corrected chi connectivity index (χ2v) is 14.5. The maximum atomic E-state index is 6.30. The smallest absolute Gasteiger partial charge is 0.136 e. The Kier molecular flexibility index (Phi) is 6.34. The third-order valence-electron chi connectivity index (χ3n) is 11.5. The Morgan fingerprint density at radius 1 is 0.309 bits per heavy atom. The molecule has 9 aromatic carbocycles. The van der Waals surface area contributed by atoms with Crippen LogP contribution in [-0.4, -0.2) is 9.13 Å². The zero-order valence-corrected chi connectivity index (χ0v) is 29.8. The number of nitrogens with zero attached hydrogens (tertiary/aromatic N) is 2. The highest BCUT2D eigenvalue weighted by molar-refractivity contribution is 6.17. The van der Waals surface area contributed by atoms with Crippen LogP contribution in [0.15, 0.2) is 199 Å². The van der Waals surface area contributed by atoms with Gasteiger partial charge in [0.2, 0.25) is 0 Å². The number of aromatic nitrogens is 2.